The van der Waals surface area contributed by atoms with Gasteiger partial charge in [0.05, 0.1) is 6.42 Å². The van der Waals surface area contributed by atoms with Crippen LogP contribution in [0.4, 0.5) is 0 Å². The van der Waals surface area contributed by atoms with Crippen LogP contribution in [0.25, 0.3) is 0 Å². The number of nitrogens with zero attached hydrogens (tertiary/aromatic N) is 1. The molecule has 1 unspecified atom stereocenters. The summed E-state index contributed by atoms with van der Waals surface area (Å²) in [4.78, 5) is 14.1. The molecule has 1 heterocycles. The molecule has 0 N–H and O–H groups in total. The van der Waals surface area contributed by atoms with Crippen LogP contribution in [0.2, 0.25) is 5.02 Å². The Morgan fingerprint density at radius 1 is 1.32 bits per heavy atom. The van der Waals surface area contributed by atoms with Crippen molar-refractivity contribution in [2.24, 2.45) is 5.92 Å². The first-order valence-corrected chi connectivity index (χ1v) is 7.54. The van der Waals surface area contributed by atoms with Gasteiger partial charge in [0.2, 0.25) is 5.91 Å². The van der Waals surface area contributed by atoms with E-state index in [9.17, 15) is 4.79 Å². The van der Waals surface area contributed by atoms with Crippen LogP contribution in [0, 0.1) is 5.92 Å². The summed E-state index contributed by atoms with van der Waals surface area (Å²) in [7, 11) is 0. The van der Waals surface area contributed by atoms with Gasteiger partial charge in [-0.1, -0.05) is 23.7 Å². The highest BCUT2D eigenvalue weighted by Crippen LogP contribution is 2.24. The number of carbonyl (C=O) groups excluding carboxylic acids is 1. The molecule has 0 bridgehead atoms. The Hall–Kier alpha value is -0.730. The number of likely N-dealkylation sites (tertiary alicyclic amines) is 1. The largest absolute Gasteiger partial charge is 0.342 e. The maximum Gasteiger partial charge on any atom is 0.226 e. The molecule has 0 radical (unpaired) electrons. The molecule has 0 spiro atoms. The van der Waals surface area contributed by atoms with Gasteiger partial charge in [0.15, 0.2) is 0 Å². The molecule has 1 aliphatic rings. The van der Waals surface area contributed by atoms with E-state index in [0.29, 0.717) is 17.4 Å². The SMILES string of the molecule is CC(Cl)C1CCN(C(=O)Cc2ccc(Cl)cc2)CC1. The van der Waals surface area contributed by atoms with Crippen LogP contribution in [-0.4, -0.2) is 29.3 Å². The second-order valence-electron chi connectivity index (χ2n) is 5.20. The number of carbonyl (C=O) groups is 1. The molecule has 2 rings (SSSR count). The van der Waals surface area contributed by atoms with Crippen LogP contribution < -0.4 is 0 Å². The third-order valence-electron chi connectivity index (χ3n) is 3.81. The minimum absolute atomic E-state index is 0.197. The van der Waals surface area contributed by atoms with Crippen molar-refractivity contribution in [3.05, 3.63) is 34.9 Å². The quantitative estimate of drug-likeness (QED) is 0.779. The minimum atomic E-state index is 0.197. The Balaban J connectivity index is 1.86. The number of halogens is 2. The number of benzene rings is 1. The number of piperidine rings is 1. The summed E-state index contributed by atoms with van der Waals surface area (Å²) < 4.78 is 0. The second-order valence-corrected chi connectivity index (χ2v) is 6.32. The molecule has 0 aliphatic carbocycles. The zero-order valence-corrected chi connectivity index (χ0v) is 12.6. The lowest BCUT2D eigenvalue weighted by Crippen LogP contribution is -2.40. The van der Waals surface area contributed by atoms with Gasteiger partial charge in [-0.25, -0.2) is 0 Å². The number of rotatable bonds is 3. The summed E-state index contributed by atoms with van der Waals surface area (Å²) in [6.45, 7) is 3.69. The van der Waals surface area contributed by atoms with Gasteiger partial charge < -0.3 is 4.90 Å². The van der Waals surface area contributed by atoms with Gasteiger partial charge in [0, 0.05) is 23.5 Å². The highest BCUT2D eigenvalue weighted by Gasteiger charge is 2.25. The third-order valence-corrected chi connectivity index (χ3v) is 4.42. The lowest BCUT2D eigenvalue weighted by molar-refractivity contribution is -0.131. The number of hydrogen-bond donors (Lipinski definition) is 0. The van der Waals surface area contributed by atoms with Crippen molar-refractivity contribution in [1.82, 2.24) is 4.90 Å². The molecular formula is C15H19Cl2NO. The fraction of sp³-hybridized carbons (Fsp3) is 0.533. The van der Waals surface area contributed by atoms with Gasteiger partial charge in [0.1, 0.15) is 0 Å². The highest BCUT2D eigenvalue weighted by molar-refractivity contribution is 6.30. The Morgan fingerprint density at radius 3 is 2.42 bits per heavy atom. The molecular weight excluding hydrogens is 281 g/mol. The Bertz CT molecular complexity index is 422. The summed E-state index contributed by atoms with van der Waals surface area (Å²) in [6.07, 6.45) is 2.48. The predicted molar refractivity (Wildman–Crippen MR) is 79.8 cm³/mol. The van der Waals surface area contributed by atoms with Crippen molar-refractivity contribution in [3.63, 3.8) is 0 Å². The molecule has 1 aliphatic heterocycles. The summed E-state index contributed by atoms with van der Waals surface area (Å²) in [6, 6.07) is 7.47. The van der Waals surface area contributed by atoms with Crippen molar-refractivity contribution < 1.29 is 4.79 Å². The van der Waals surface area contributed by atoms with Crippen LogP contribution in [0.15, 0.2) is 24.3 Å². The van der Waals surface area contributed by atoms with Gasteiger partial charge >= 0.3 is 0 Å². The summed E-state index contributed by atoms with van der Waals surface area (Å²) in [5, 5.41) is 0.904. The summed E-state index contributed by atoms with van der Waals surface area (Å²) in [5.41, 5.74) is 1.02. The minimum Gasteiger partial charge on any atom is -0.342 e. The number of hydrogen-bond acceptors (Lipinski definition) is 1. The lowest BCUT2D eigenvalue weighted by atomic mass is 9.93. The van der Waals surface area contributed by atoms with Crippen LogP contribution in [0.3, 0.4) is 0 Å². The average Bonchev–Trinajstić information content (AvgIpc) is 2.41. The number of amides is 1. The summed E-state index contributed by atoms with van der Waals surface area (Å²) >= 11 is 11.9. The first-order chi connectivity index (χ1) is 9.06. The van der Waals surface area contributed by atoms with E-state index in [1.165, 1.54) is 0 Å². The van der Waals surface area contributed by atoms with Crippen molar-refractivity contribution >= 4 is 29.1 Å². The van der Waals surface area contributed by atoms with E-state index in [1.807, 2.05) is 36.1 Å². The maximum atomic E-state index is 12.2. The Labute approximate surface area is 124 Å². The molecule has 1 aromatic rings. The van der Waals surface area contributed by atoms with Gasteiger partial charge in [0.25, 0.3) is 0 Å². The van der Waals surface area contributed by atoms with Crippen molar-refractivity contribution in [3.8, 4) is 0 Å². The third kappa shape index (κ3) is 4.12. The van der Waals surface area contributed by atoms with E-state index in [4.69, 9.17) is 23.2 Å². The number of alkyl halides is 1. The molecule has 1 amide bonds. The molecule has 1 aromatic carbocycles. The van der Waals surface area contributed by atoms with Crippen LogP contribution in [-0.2, 0) is 11.2 Å². The van der Waals surface area contributed by atoms with Gasteiger partial charge in [-0.15, -0.1) is 11.6 Å². The molecule has 1 fully saturated rings. The first-order valence-electron chi connectivity index (χ1n) is 6.72. The van der Waals surface area contributed by atoms with Gasteiger partial charge in [-0.3, -0.25) is 4.79 Å². The average molecular weight is 300 g/mol. The molecule has 4 heteroatoms. The molecule has 0 saturated carbocycles. The first kappa shape index (κ1) is 14.7. The zero-order chi connectivity index (χ0) is 13.8. The summed E-state index contributed by atoms with van der Waals surface area (Å²) in [5.74, 6) is 0.740. The van der Waals surface area contributed by atoms with E-state index in [0.717, 1.165) is 31.5 Å². The van der Waals surface area contributed by atoms with E-state index >= 15 is 0 Å². The van der Waals surface area contributed by atoms with E-state index < -0.39 is 0 Å². The van der Waals surface area contributed by atoms with Crippen LogP contribution >= 0.6 is 23.2 Å². The molecule has 2 nitrogen and oxygen atoms in total. The molecule has 1 atom stereocenters. The smallest absolute Gasteiger partial charge is 0.226 e. The van der Waals surface area contributed by atoms with E-state index in [1.54, 1.807) is 0 Å². The molecule has 0 aromatic heterocycles. The molecule has 19 heavy (non-hydrogen) atoms. The van der Waals surface area contributed by atoms with Crippen molar-refractivity contribution in [1.29, 1.82) is 0 Å². The highest BCUT2D eigenvalue weighted by atomic mass is 35.5. The van der Waals surface area contributed by atoms with Crippen LogP contribution in [0.5, 0.6) is 0 Å². The lowest BCUT2D eigenvalue weighted by Gasteiger charge is -2.33. The molecule has 104 valence electrons. The van der Waals surface area contributed by atoms with Crippen molar-refractivity contribution in [2.45, 2.75) is 31.6 Å². The fourth-order valence-electron chi connectivity index (χ4n) is 2.50. The Kier molecular flexibility index (Phi) is 5.12. The normalized spacial score (nSPS) is 18.4. The predicted octanol–water partition coefficient (Wildman–Crippen LogP) is 3.75. The van der Waals surface area contributed by atoms with E-state index in [-0.39, 0.29) is 11.3 Å². The van der Waals surface area contributed by atoms with Gasteiger partial charge in [-0.05, 0) is 43.4 Å². The van der Waals surface area contributed by atoms with E-state index in [2.05, 4.69) is 0 Å². The van der Waals surface area contributed by atoms with Crippen molar-refractivity contribution in [2.75, 3.05) is 13.1 Å². The monoisotopic (exact) mass is 299 g/mol. The standard InChI is InChI=1S/C15H19Cl2NO/c1-11(16)13-6-8-18(9-7-13)15(19)10-12-2-4-14(17)5-3-12/h2-5,11,13H,6-10H2,1H3. The Morgan fingerprint density at radius 2 is 1.89 bits per heavy atom. The fourth-order valence-corrected chi connectivity index (χ4v) is 2.87. The van der Waals surface area contributed by atoms with Crippen LogP contribution in [0.1, 0.15) is 25.3 Å². The topological polar surface area (TPSA) is 20.3 Å². The molecule has 1 saturated heterocycles. The second kappa shape index (κ2) is 6.62. The maximum absolute atomic E-state index is 12.2. The van der Waals surface area contributed by atoms with Gasteiger partial charge in [-0.2, -0.15) is 0 Å². The zero-order valence-electron chi connectivity index (χ0n) is 11.1.